The van der Waals surface area contributed by atoms with E-state index < -0.39 is 9.84 Å². The molecule has 2 unspecified atom stereocenters. The minimum atomic E-state index is -2.79. The molecule has 0 N–H and O–H groups in total. The summed E-state index contributed by atoms with van der Waals surface area (Å²) >= 11 is 3.65. The lowest BCUT2D eigenvalue weighted by atomic mass is 9.97. The normalized spacial score (nSPS) is 24.7. The molecule has 0 saturated carbocycles. The van der Waals surface area contributed by atoms with Gasteiger partial charge in [-0.25, -0.2) is 8.42 Å². The molecule has 1 saturated heterocycles. The van der Waals surface area contributed by atoms with E-state index in [4.69, 9.17) is 0 Å². The van der Waals surface area contributed by atoms with Crippen LogP contribution in [-0.4, -0.2) is 19.9 Å². The number of sulfone groups is 1. The van der Waals surface area contributed by atoms with Crippen LogP contribution in [-0.2, 0) is 16.3 Å². The molecule has 0 aromatic heterocycles. The molecule has 1 aromatic rings. The number of halogens is 1. The van der Waals surface area contributed by atoms with Crippen molar-refractivity contribution in [1.29, 1.82) is 0 Å². The van der Waals surface area contributed by atoms with Gasteiger partial charge >= 0.3 is 0 Å². The smallest absolute Gasteiger partial charge is 0.150 e. The highest BCUT2D eigenvalue weighted by atomic mass is 79.9. The highest BCUT2D eigenvalue weighted by molar-refractivity contribution is 9.09. The first-order valence-electron chi connectivity index (χ1n) is 5.95. The Morgan fingerprint density at radius 3 is 2.47 bits per heavy atom. The summed E-state index contributed by atoms with van der Waals surface area (Å²) in [6, 6.07) is 8.44. The fourth-order valence-electron chi connectivity index (χ4n) is 2.26. The molecule has 0 bridgehead atoms. The first-order chi connectivity index (χ1) is 8.02. The van der Waals surface area contributed by atoms with Crippen LogP contribution in [0.3, 0.4) is 0 Å². The van der Waals surface area contributed by atoms with E-state index in [1.165, 1.54) is 11.1 Å². The Bertz CT molecular complexity index is 479. The van der Waals surface area contributed by atoms with Crippen molar-refractivity contribution in [3.05, 3.63) is 35.4 Å². The van der Waals surface area contributed by atoms with Gasteiger partial charge in [-0.3, -0.25) is 0 Å². The first kappa shape index (κ1) is 13.1. The maximum atomic E-state index is 11.5. The van der Waals surface area contributed by atoms with E-state index in [1.807, 2.05) is 0 Å². The largest absolute Gasteiger partial charge is 0.229 e. The van der Waals surface area contributed by atoms with Gasteiger partial charge in [0.25, 0.3) is 0 Å². The summed E-state index contributed by atoms with van der Waals surface area (Å²) in [5, 5.41) is 0. The summed E-state index contributed by atoms with van der Waals surface area (Å²) in [6.45, 7) is 2.13. The minimum Gasteiger partial charge on any atom is -0.229 e. The Kier molecular flexibility index (Phi) is 3.93. The molecule has 2 atom stereocenters. The van der Waals surface area contributed by atoms with E-state index in [2.05, 4.69) is 47.1 Å². The summed E-state index contributed by atoms with van der Waals surface area (Å²) in [5.74, 6) is 0.873. The van der Waals surface area contributed by atoms with Crippen LogP contribution in [0.15, 0.2) is 24.3 Å². The fourth-order valence-corrected chi connectivity index (χ4v) is 5.11. The molecule has 1 aromatic carbocycles. The van der Waals surface area contributed by atoms with Crippen LogP contribution in [0.1, 0.15) is 29.3 Å². The summed E-state index contributed by atoms with van der Waals surface area (Å²) in [7, 11) is -2.79. The summed E-state index contributed by atoms with van der Waals surface area (Å²) in [5.41, 5.74) is 2.50. The Morgan fingerprint density at radius 1 is 1.35 bits per heavy atom. The Balaban J connectivity index is 2.11. The van der Waals surface area contributed by atoms with Gasteiger partial charge in [-0.2, -0.15) is 0 Å². The predicted octanol–water partition coefficient (Wildman–Crippen LogP) is 3.12. The summed E-state index contributed by atoms with van der Waals surface area (Å²) in [4.78, 5) is 0.158. The van der Waals surface area contributed by atoms with E-state index in [-0.39, 0.29) is 10.7 Å². The van der Waals surface area contributed by atoms with Crippen molar-refractivity contribution < 1.29 is 8.42 Å². The van der Waals surface area contributed by atoms with Crippen LogP contribution in [0.5, 0.6) is 0 Å². The fraction of sp³-hybridized carbons (Fsp3) is 0.538. The average molecular weight is 317 g/mol. The molecule has 1 aliphatic heterocycles. The second-order valence-corrected chi connectivity index (χ2v) is 7.88. The standard InChI is InChI=1S/C13H17BrO2S/c1-2-10-3-5-11(6-4-10)13(14)12-7-8-17(15,16)9-12/h3-6,12-13H,2,7-9H2,1H3. The lowest BCUT2D eigenvalue weighted by Crippen LogP contribution is -2.10. The number of hydrogen-bond acceptors (Lipinski definition) is 2. The molecule has 0 radical (unpaired) electrons. The van der Waals surface area contributed by atoms with Gasteiger partial charge in [0.15, 0.2) is 9.84 Å². The first-order valence-corrected chi connectivity index (χ1v) is 8.69. The quantitative estimate of drug-likeness (QED) is 0.803. The van der Waals surface area contributed by atoms with Crippen molar-refractivity contribution >= 4 is 25.8 Å². The van der Waals surface area contributed by atoms with Crippen molar-refractivity contribution in [2.24, 2.45) is 5.92 Å². The number of rotatable bonds is 3. The molecule has 1 fully saturated rings. The van der Waals surface area contributed by atoms with E-state index in [0.29, 0.717) is 11.5 Å². The minimum absolute atomic E-state index is 0.158. The lowest BCUT2D eigenvalue weighted by Gasteiger charge is -2.16. The van der Waals surface area contributed by atoms with E-state index >= 15 is 0 Å². The monoisotopic (exact) mass is 316 g/mol. The summed E-state index contributed by atoms with van der Waals surface area (Å²) in [6.07, 6.45) is 1.80. The molecular weight excluding hydrogens is 300 g/mol. The van der Waals surface area contributed by atoms with Gasteiger partial charge in [-0.05, 0) is 29.9 Å². The molecule has 2 rings (SSSR count). The molecule has 0 spiro atoms. The Hall–Kier alpha value is -0.350. The second-order valence-electron chi connectivity index (χ2n) is 4.66. The molecule has 1 heterocycles. The third-order valence-corrected chi connectivity index (χ3v) is 6.46. The van der Waals surface area contributed by atoms with Gasteiger partial charge in [0.2, 0.25) is 0 Å². The zero-order valence-electron chi connectivity index (χ0n) is 9.90. The van der Waals surface area contributed by atoms with E-state index in [9.17, 15) is 8.42 Å². The van der Waals surface area contributed by atoms with Crippen LogP contribution >= 0.6 is 15.9 Å². The number of benzene rings is 1. The molecule has 2 nitrogen and oxygen atoms in total. The van der Waals surface area contributed by atoms with E-state index in [1.54, 1.807) is 0 Å². The van der Waals surface area contributed by atoms with Crippen LogP contribution in [0, 0.1) is 5.92 Å². The summed E-state index contributed by atoms with van der Waals surface area (Å²) < 4.78 is 22.9. The third-order valence-electron chi connectivity index (χ3n) is 3.39. The van der Waals surface area contributed by atoms with Gasteiger partial charge in [-0.15, -0.1) is 0 Å². The molecule has 1 aliphatic rings. The van der Waals surface area contributed by atoms with Gasteiger partial charge in [0.1, 0.15) is 0 Å². The van der Waals surface area contributed by atoms with Crippen molar-refractivity contribution in [3.8, 4) is 0 Å². The van der Waals surface area contributed by atoms with Crippen LogP contribution in [0.4, 0.5) is 0 Å². The van der Waals surface area contributed by atoms with Gasteiger partial charge in [0.05, 0.1) is 11.5 Å². The second kappa shape index (κ2) is 5.11. The van der Waals surface area contributed by atoms with Gasteiger partial charge in [0, 0.05) is 4.83 Å². The zero-order chi connectivity index (χ0) is 12.5. The van der Waals surface area contributed by atoms with Crippen molar-refractivity contribution in [2.45, 2.75) is 24.6 Å². The molecular formula is C13H17BrO2S. The van der Waals surface area contributed by atoms with Crippen molar-refractivity contribution in [1.82, 2.24) is 0 Å². The number of aryl methyl sites for hydroxylation is 1. The highest BCUT2D eigenvalue weighted by Crippen LogP contribution is 2.37. The Morgan fingerprint density at radius 2 is 2.00 bits per heavy atom. The SMILES string of the molecule is CCc1ccc(C(Br)C2CCS(=O)(=O)C2)cc1. The third kappa shape index (κ3) is 3.10. The van der Waals surface area contributed by atoms with Crippen LogP contribution in [0.25, 0.3) is 0 Å². The number of alkyl halides is 1. The zero-order valence-corrected chi connectivity index (χ0v) is 12.3. The molecule has 4 heteroatoms. The average Bonchev–Trinajstić information content (AvgIpc) is 2.69. The van der Waals surface area contributed by atoms with Crippen LogP contribution in [0.2, 0.25) is 0 Å². The lowest BCUT2D eigenvalue weighted by molar-refractivity contribution is 0.580. The van der Waals surface area contributed by atoms with E-state index in [0.717, 1.165) is 12.8 Å². The van der Waals surface area contributed by atoms with Gasteiger partial charge < -0.3 is 0 Å². The van der Waals surface area contributed by atoms with Crippen LogP contribution < -0.4 is 0 Å². The molecule has 0 aliphatic carbocycles. The van der Waals surface area contributed by atoms with Gasteiger partial charge in [-0.1, -0.05) is 47.1 Å². The Labute approximate surface area is 111 Å². The molecule has 94 valence electrons. The topological polar surface area (TPSA) is 34.1 Å². The maximum absolute atomic E-state index is 11.5. The highest BCUT2D eigenvalue weighted by Gasteiger charge is 2.33. The predicted molar refractivity (Wildman–Crippen MR) is 74.2 cm³/mol. The van der Waals surface area contributed by atoms with Crippen molar-refractivity contribution in [2.75, 3.05) is 11.5 Å². The molecule has 0 amide bonds. The van der Waals surface area contributed by atoms with Crippen molar-refractivity contribution in [3.63, 3.8) is 0 Å². The maximum Gasteiger partial charge on any atom is 0.150 e. The molecule has 17 heavy (non-hydrogen) atoms. The number of hydrogen-bond donors (Lipinski definition) is 0.